The number of carbonyl (C=O) groups excluding carboxylic acids is 1. The Bertz CT molecular complexity index is 1240. The van der Waals surface area contributed by atoms with Gasteiger partial charge in [-0.25, -0.2) is 8.42 Å². The lowest BCUT2D eigenvalue weighted by atomic mass is 10.1. The van der Waals surface area contributed by atoms with Gasteiger partial charge in [-0.05, 0) is 66.8 Å². The molecular weight excluding hydrogens is 458 g/mol. The molecule has 1 fully saturated rings. The van der Waals surface area contributed by atoms with Crippen LogP contribution in [-0.4, -0.2) is 51.9 Å². The number of nitrogens with one attached hydrogen (secondary N) is 1. The van der Waals surface area contributed by atoms with Crippen LogP contribution >= 0.6 is 11.3 Å². The molecule has 9 heteroatoms. The van der Waals surface area contributed by atoms with Crippen molar-refractivity contribution in [2.45, 2.75) is 18.7 Å². The van der Waals surface area contributed by atoms with Crippen molar-refractivity contribution in [3.8, 4) is 5.75 Å². The van der Waals surface area contributed by atoms with Crippen LogP contribution in [0.5, 0.6) is 5.75 Å². The normalized spacial score (nSPS) is 14.8. The topological polar surface area (TPSA) is 78.9 Å². The van der Waals surface area contributed by atoms with E-state index in [-0.39, 0.29) is 9.77 Å². The summed E-state index contributed by atoms with van der Waals surface area (Å²) in [6.07, 6.45) is 0. The van der Waals surface area contributed by atoms with E-state index < -0.39 is 15.9 Å². The molecule has 1 saturated heterocycles. The number of rotatable bonds is 6. The quantitative estimate of drug-likeness (QED) is 0.568. The molecule has 0 saturated carbocycles. The van der Waals surface area contributed by atoms with Crippen LogP contribution in [0.3, 0.4) is 0 Å². The Morgan fingerprint density at radius 2 is 1.70 bits per heavy atom. The lowest BCUT2D eigenvalue weighted by Crippen LogP contribution is -2.49. The predicted octanol–water partition coefficient (Wildman–Crippen LogP) is 4.14. The van der Waals surface area contributed by atoms with Crippen molar-refractivity contribution in [3.05, 3.63) is 69.9 Å². The molecule has 0 atom stereocenters. The van der Waals surface area contributed by atoms with Crippen molar-refractivity contribution in [1.29, 1.82) is 0 Å². The summed E-state index contributed by atoms with van der Waals surface area (Å²) < 4.78 is 33.4. The Kier molecular flexibility index (Phi) is 6.73. The van der Waals surface area contributed by atoms with Gasteiger partial charge < -0.3 is 15.0 Å². The fourth-order valence-corrected chi connectivity index (χ4v) is 6.61. The maximum absolute atomic E-state index is 13.4. The first-order valence-corrected chi connectivity index (χ1v) is 13.0. The molecular formula is C24H27N3O4S2. The Morgan fingerprint density at radius 3 is 2.36 bits per heavy atom. The molecule has 174 valence electrons. The van der Waals surface area contributed by atoms with Crippen molar-refractivity contribution in [1.82, 2.24) is 4.31 Å². The molecule has 2 aromatic carbocycles. The number of methoxy groups -OCH3 is 1. The SMILES string of the molecule is COc1ccc(NC(=O)c2sccc2S(=O)(=O)N2CCN(c3cc(C)ccc3C)CC2)cc1. The van der Waals surface area contributed by atoms with Gasteiger partial charge in [0.2, 0.25) is 10.0 Å². The van der Waals surface area contributed by atoms with E-state index in [0.717, 1.165) is 17.0 Å². The number of sulfonamides is 1. The first-order chi connectivity index (χ1) is 15.8. The van der Waals surface area contributed by atoms with Crippen LogP contribution in [0, 0.1) is 13.8 Å². The van der Waals surface area contributed by atoms with Gasteiger partial charge in [0.05, 0.1) is 7.11 Å². The second-order valence-electron chi connectivity index (χ2n) is 7.98. The van der Waals surface area contributed by atoms with Crippen molar-refractivity contribution >= 4 is 38.6 Å². The summed E-state index contributed by atoms with van der Waals surface area (Å²) in [5.41, 5.74) is 4.06. The molecule has 1 N–H and O–H groups in total. The van der Waals surface area contributed by atoms with E-state index in [1.54, 1.807) is 36.8 Å². The fourth-order valence-electron chi connectivity index (χ4n) is 3.90. The standard InChI is InChI=1S/C24H27N3O4S2/c1-17-4-5-18(2)21(16-17)26-11-13-27(14-12-26)33(29,30)22-10-15-32-23(22)24(28)25-19-6-8-20(31-3)9-7-19/h4-10,15-16H,11-14H2,1-3H3,(H,25,28). The van der Waals surface area contributed by atoms with Crippen LogP contribution in [0.2, 0.25) is 0 Å². The monoisotopic (exact) mass is 485 g/mol. The number of thiophene rings is 1. The third kappa shape index (κ3) is 4.90. The Morgan fingerprint density at radius 1 is 1.00 bits per heavy atom. The highest BCUT2D eigenvalue weighted by Crippen LogP contribution is 2.29. The van der Waals surface area contributed by atoms with E-state index in [9.17, 15) is 13.2 Å². The lowest BCUT2D eigenvalue weighted by molar-refractivity contribution is 0.102. The summed E-state index contributed by atoms with van der Waals surface area (Å²) in [5, 5.41) is 4.42. The summed E-state index contributed by atoms with van der Waals surface area (Å²) >= 11 is 1.12. The second-order valence-corrected chi connectivity index (χ2v) is 10.8. The maximum Gasteiger partial charge on any atom is 0.267 e. The summed E-state index contributed by atoms with van der Waals surface area (Å²) in [6.45, 7) is 6.05. The second kappa shape index (κ2) is 9.54. The molecule has 0 spiro atoms. The number of carbonyl (C=O) groups is 1. The first-order valence-electron chi connectivity index (χ1n) is 10.6. The van der Waals surface area contributed by atoms with Crippen LogP contribution in [-0.2, 0) is 10.0 Å². The molecule has 7 nitrogen and oxygen atoms in total. The van der Waals surface area contributed by atoms with Crippen molar-refractivity contribution < 1.29 is 17.9 Å². The van der Waals surface area contributed by atoms with Crippen molar-refractivity contribution in [2.24, 2.45) is 0 Å². The van der Waals surface area contributed by atoms with Gasteiger partial charge in [-0.1, -0.05) is 12.1 Å². The Balaban J connectivity index is 1.48. The van der Waals surface area contributed by atoms with Gasteiger partial charge in [0, 0.05) is 37.6 Å². The van der Waals surface area contributed by atoms with Crippen LogP contribution in [0.1, 0.15) is 20.8 Å². The molecule has 1 aromatic heterocycles. The number of ether oxygens (including phenoxy) is 1. The van der Waals surface area contributed by atoms with Gasteiger partial charge in [-0.3, -0.25) is 4.79 Å². The largest absolute Gasteiger partial charge is 0.497 e. The number of hydrogen-bond acceptors (Lipinski definition) is 6. The molecule has 0 radical (unpaired) electrons. The number of hydrogen-bond donors (Lipinski definition) is 1. The highest BCUT2D eigenvalue weighted by Gasteiger charge is 2.33. The van der Waals surface area contributed by atoms with Gasteiger partial charge in [0.15, 0.2) is 0 Å². The number of anilines is 2. The minimum Gasteiger partial charge on any atom is -0.497 e. The molecule has 0 unspecified atom stereocenters. The molecule has 3 aromatic rings. The molecule has 1 aliphatic heterocycles. The van der Waals surface area contributed by atoms with Gasteiger partial charge in [0.25, 0.3) is 5.91 Å². The molecule has 0 aliphatic carbocycles. The molecule has 33 heavy (non-hydrogen) atoms. The molecule has 0 bridgehead atoms. The van der Waals surface area contributed by atoms with Crippen molar-refractivity contribution in [3.63, 3.8) is 0 Å². The fraction of sp³-hybridized carbons (Fsp3) is 0.292. The van der Waals surface area contributed by atoms with Gasteiger partial charge in [0.1, 0.15) is 15.5 Å². The van der Waals surface area contributed by atoms with Crippen molar-refractivity contribution in [2.75, 3.05) is 43.5 Å². The number of piperazine rings is 1. The average molecular weight is 486 g/mol. The number of benzene rings is 2. The summed E-state index contributed by atoms with van der Waals surface area (Å²) in [6, 6.07) is 14.7. The van der Waals surface area contributed by atoms with E-state index in [1.807, 2.05) is 0 Å². The average Bonchev–Trinajstić information content (AvgIpc) is 3.32. The zero-order chi connectivity index (χ0) is 23.6. The zero-order valence-electron chi connectivity index (χ0n) is 18.9. The predicted molar refractivity (Wildman–Crippen MR) is 132 cm³/mol. The maximum atomic E-state index is 13.4. The van der Waals surface area contributed by atoms with Gasteiger partial charge >= 0.3 is 0 Å². The number of amides is 1. The van der Waals surface area contributed by atoms with Crippen LogP contribution in [0.15, 0.2) is 58.8 Å². The van der Waals surface area contributed by atoms with Crippen LogP contribution in [0.4, 0.5) is 11.4 Å². The smallest absolute Gasteiger partial charge is 0.267 e. The minimum absolute atomic E-state index is 0.0543. The summed E-state index contributed by atoms with van der Waals surface area (Å²) in [4.78, 5) is 15.3. The Labute approximate surface area is 198 Å². The van der Waals surface area contributed by atoms with E-state index in [2.05, 4.69) is 42.3 Å². The van der Waals surface area contributed by atoms with E-state index in [0.29, 0.717) is 37.6 Å². The molecule has 1 amide bonds. The summed E-state index contributed by atoms with van der Waals surface area (Å²) in [7, 11) is -2.22. The van der Waals surface area contributed by atoms with Gasteiger partial charge in [-0.15, -0.1) is 11.3 Å². The number of aryl methyl sites for hydroxylation is 2. The summed E-state index contributed by atoms with van der Waals surface area (Å²) in [5.74, 6) is 0.232. The molecule has 4 rings (SSSR count). The van der Waals surface area contributed by atoms with E-state index >= 15 is 0 Å². The highest BCUT2D eigenvalue weighted by atomic mass is 32.2. The Hall–Kier alpha value is -2.88. The molecule has 2 heterocycles. The highest BCUT2D eigenvalue weighted by molar-refractivity contribution is 7.89. The van der Waals surface area contributed by atoms with Gasteiger partial charge in [-0.2, -0.15) is 4.31 Å². The molecule has 1 aliphatic rings. The third-order valence-corrected chi connectivity index (χ3v) is 8.73. The first kappa shape index (κ1) is 23.3. The zero-order valence-corrected chi connectivity index (χ0v) is 20.5. The van der Waals surface area contributed by atoms with E-state index in [1.165, 1.54) is 21.5 Å². The van der Waals surface area contributed by atoms with E-state index in [4.69, 9.17) is 4.74 Å². The minimum atomic E-state index is -3.78. The third-order valence-electron chi connectivity index (χ3n) is 5.75. The van der Waals surface area contributed by atoms with Crippen LogP contribution < -0.4 is 15.0 Å². The lowest BCUT2D eigenvalue weighted by Gasteiger charge is -2.36. The number of nitrogens with zero attached hydrogens (tertiary/aromatic N) is 2. The van der Waals surface area contributed by atoms with Crippen LogP contribution in [0.25, 0.3) is 0 Å².